The van der Waals surface area contributed by atoms with E-state index in [2.05, 4.69) is 10.3 Å². The molecule has 1 heterocycles. The summed E-state index contributed by atoms with van der Waals surface area (Å²) >= 11 is 0. The first-order valence-corrected chi connectivity index (χ1v) is 8.23. The molecule has 0 N–H and O–H groups in total. The minimum absolute atomic E-state index is 0.147. The highest BCUT2D eigenvalue weighted by atomic mass is 32.5. The van der Waals surface area contributed by atoms with Crippen LogP contribution < -0.4 is 0 Å². The molecular formula is C12H10F5N3OS. The number of aromatic nitrogens is 3. The van der Waals surface area contributed by atoms with Crippen molar-refractivity contribution < 1.29 is 24.2 Å². The Labute approximate surface area is 121 Å². The van der Waals surface area contributed by atoms with Gasteiger partial charge in [0.2, 0.25) is 0 Å². The number of rotatable bonds is 2. The minimum atomic E-state index is -9.69. The van der Waals surface area contributed by atoms with E-state index in [9.17, 15) is 24.2 Å². The first-order valence-electron chi connectivity index (χ1n) is 6.28. The highest BCUT2D eigenvalue weighted by molar-refractivity contribution is 8.45. The number of Topliss-reactive ketones (excluding diaryl/α,β-unsaturated/α-hetero) is 1. The molecule has 0 aliphatic heterocycles. The van der Waals surface area contributed by atoms with Gasteiger partial charge in [-0.1, -0.05) is 24.6 Å². The molecule has 0 bridgehead atoms. The highest BCUT2D eigenvalue weighted by Gasteiger charge is 2.65. The van der Waals surface area contributed by atoms with Crippen LogP contribution in [0.4, 0.5) is 19.4 Å². The van der Waals surface area contributed by atoms with Gasteiger partial charge in [-0.15, -0.1) is 5.10 Å². The van der Waals surface area contributed by atoms with E-state index in [0.717, 1.165) is 12.1 Å². The fourth-order valence-electron chi connectivity index (χ4n) is 2.33. The van der Waals surface area contributed by atoms with Gasteiger partial charge < -0.3 is 0 Å². The Morgan fingerprint density at radius 3 is 2.23 bits per heavy atom. The molecule has 0 fully saturated rings. The van der Waals surface area contributed by atoms with Crippen LogP contribution in [0.2, 0.25) is 0 Å². The zero-order valence-corrected chi connectivity index (χ0v) is 11.8. The molecule has 0 atom stereocenters. The summed E-state index contributed by atoms with van der Waals surface area (Å²) in [5.74, 6) is -0.184. The maximum Gasteiger partial charge on any atom is 0.310 e. The molecule has 0 radical (unpaired) electrons. The second-order valence-electron chi connectivity index (χ2n) is 5.04. The lowest BCUT2D eigenvalue weighted by molar-refractivity contribution is 0.0967. The molecule has 0 saturated heterocycles. The summed E-state index contributed by atoms with van der Waals surface area (Å²) < 4.78 is 64.5. The summed E-state index contributed by atoms with van der Waals surface area (Å²) in [4.78, 5) is 9.68. The molecule has 10 heteroatoms. The van der Waals surface area contributed by atoms with E-state index in [-0.39, 0.29) is 17.2 Å². The number of hydrogen-bond acceptors (Lipinski definition) is 3. The smallest absolute Gasteiger partial charge is 0.292 e. The maximum atomic E-state index is 12.7. The van der Waals surface area contributed by atoms with Gasteiger partial charge in [-0.3, -0.25) is 4.79 Å². The van der Waals surface area contributed by atoms with E-state index >= 15 is 0 Å². The molecule has 1 aliphatic rings. The number of ketones is 1. The van der Waals surface area contributed by atoms with E-state index < -0.39 is 15.1 Å². The van der Waals surface area contributed by atoms with E-state index in [1.165, 1.54) is 4.68 Å². The van der Waals surface area contributed by atoms with Crippen LogP contribution >= 0.6 is 10.2 Å². The number of carbonyl (C=O) groups is 1. The Morgan fingerprint density at radius 1 is 1.00 bits per heavy atom. The number of carbonyl (C=O) groups excluding carboxylic acids is 1. The molecular weight excluding hydrogens is 329 g/mol. The van der Waals surface area contributed by atoms with Crippen LogP contribution in [0.1, 0.15) is 29.0 Å². The van der Waals surface area contributed by atoms with Crippen LogP contribution in [0.25, 0.3) is 5.69 Å². The molecule has 120 valence electrons. The Bertz CT molecular complexity index is 767. The highest BCUT2D eigenvalue weighted by Crippen LogP contribution is 3.02. The fourth-order valence-corrected chi connectivity index (χ4v) is 2.98. The number of fused-ring (bicyclic) bond motifs is 1. The molecule has 0 unspecified atom stereocenters. The SMILES string of the molecule is O=C1CCCc2c1nnn2-c1ccc(S(F)(F)(F)(F)F)cc1. The third kappa shape index (κ3) is 2.58. The Balaban J connectivity index is 2.04. The van der Waals surface area contributed by atoms with Crippen LogP contribution in [-0.2, 0) is 6.42 Å². The molecule has 0 saturated carbocycles. The van der Waals surface area contributed by atoms with Gasteiger partial charge in [0.05, 0.1) is 11.4 Å². The summed E-state index contributed by atoms with van der Waals surface area (Å²) in [6, 6.07) is 2.41. The van der Waals surface area contributed by atoms with Crippen molar-refractivity contribution in [2.75, 3.05) is 0 Å². The van der Waals surface area contributed by atoms with Gasteiger partial charge in [-0.05, 0) is 37.1 Å². The zero-order valence-electron chi connectivity index (χ0n) is 11.0. The van der Waals surface area contributed by atoms with E-state index in [0.29, 0.717) is 37.1 Å². The number of hydrogen-bond donors (Lipinski definition) is 0. The lowest BCUT2D eigenvalue weighted by Crippen LogP contribution is -2.13. The summed E-state index contributed by atoms with van der Waals surface area (Å²) in [5, 5.41) is 7.44. The van der Waals surface area contributed by atoms with E-state index in [1.54, 1.807) is 0 Å². The van der Waals surface area contributed by atoms with Gasteiger partial charge in [0.25, 0.3) is 0 Å². The van der Waals surface area contributed by atoms with Gasteiger partial charge in [0.1, 0.15) is 4.90 Å². The van der Waals surface area contributed by atoms with E-state index in [4.69, 9.17) is 0 Å². The molecule has 0 amide bonds. The van der Waals surface area contributed by atoms with Crippen molar-refractivity contribution in [3.63, 3.8) is 0 Å². The lowest BCUT2D eigenvalue weighted by atomic mass is 10.00. The van der Waals surface area contributed by atoms with Gasteiger partial charge in [-0.25, -0.2) is 4.68 Å². The largest absolute Gasteiger partial charge is 0.310 e. The van der Waals surface area contributed by atoms with Crippen LogP contribution in [-0.4, -0.2) is 20.8 Å². The van der Waals surface area contributed by atoms with Crippen molar-refractivity contribution >= 4 is 16.0 Å². The van der Waals surface area contributed by atoms with Crippen LogP contribution in [0.5, 0.6) is 0 Å². The zero-order chi connectivity index (χ0) is 16.2. The molecule has 1 aromatic carbocycles. The molecule has 1 aromatic heterocycles. The van der Waals surface area contributed by atoms with Crippen LogP contribution in [0.3, 0.4) is 0 Å². The van der Waals surface area contributed by atoms with Crippen molar-refractivity contribution in [2.45, 2.75) is 24.2 Å². The molecule has 4 nitrogen and oxygen atoms in total. The summed E-state index contributed by atoms with van der Waals surface area (Å²) in [7, 11) is -9.69. The summed E-state index contributed by atoms with van der Waals surface area (Å²) in [6.45, 7) is 0. The average Bonchev–Trinajstić information content (AvgIpc) is 2.81. The molecule has 1 aliphatic carbocycles. The van der Waals surface area contributed by atoms with Crippen molar-refractivity contribution in [3.8, 4) is 5.69 Å². The number of nitrogens with zero attached hydrogens (tertiary/aromatic N) is 3. The van der Waals surface area contributed by atoms with Crippen molar-refractivity contribution in [3.05, 3.63) is 35.7 Å². The predicted molar refractivity (Wildman–Crippen MR) is 70.0 cm³/mol. The fraction of sp³-hybridized carbons (Fsp3) is 0.250. The normalized spacial score (nSPS) is 18.5. The van der Waals surface area contributed by atoms with Gasteiger partial charge in [-0.2, -0.15) is 0 Å². The molecule has 3 rings (SSSR count). The maximum absolute atomic E-state index is 12.7. The van der Waals surface area contributed by atoms with Crippen molar-refractivity contribution in [2.24, 2.45) is 0 Å². The molecule has 0 spiro atoms. The Hall–Kier alpha value is -1.97. The predicted octanol–water partition coefficient (Wildman–Crippen LogP) is 4.44. The topological polar surface area (TPSA) is 47.8 Å². The lowest BCUT2D eigenvalue weighted by Gasteiger charge is -2.40. The van der Waals surface area contributed by atoms with Gasteiger partial charge >= 0.3 is 10.2 Å². The van der Waals surface area contributed by atoms with Crippen LogP contribution in [0.15, 0.2) is 29.2 Å². The van der Waals surface area contributed by atoms with Gasteiger partial charge in [0, 0.05) is 6.42 Å². The molecule has 2 aromatic rings. The first-order chi connectivity index (χ1) is 9.95. The van der Waals surface area contributed by atoms with Gasteiger partial charge in [0.15, 0.2) is 11.5 Å². The second kappa shape index (κ2) is 3.86. The Kier molecular flexibility index (Phi) is 2.62. The first kappa shape index (κ1) is 14.9. The third-order valence-electron chi connectivity index (χ3n) is 3.37. The summed E-state index contributed by atoms with van der Waals surface area (Å²) in [6.07, 6.45) is 1.43. The standard InChI is InChI=1S/C12H10F5N3OS/c13-22(14,15,16,17)9-6-4-8(5-7-9)20-10-2-1-3-11(21)12(10)18-19-20/h4-7H,1-3H2. The Morgan fingerprint density at radius 2 is 1.64 bits per heavy atom. The number of benzene rings is 1. The minimum Gasteiger partial charge on any atom is -0.292 e. The van der Waals surface area contributed by atoms with Crippen LogP contribution in [0, 0.1) is 0 Å². The third-order valence-corrected chi connectivity index (χ3v) is 4.53. The average molecular weight is 339 g/mol. The quantitative estimate of drug-likeness (QED) is 0.760. The van der Waals surface area contributed by atoms with Crippen molar-refractivity contribution in [1.29, 1.82) is 0 Å². The summed E-state index contributed by atoms with van der Waals surface area (Å²) in [5.41, 5.74) is 0.813. The number of halogens is 5. The van der Waals surface area contributed by atoms with Crippen molar-refractivity contribution in [1.82, 2.24) is 15.0 Å². The molecule has 22 heavy (non-hydrogen) atoms. The van der Waals surface area contributed by atoms with E-state index in [1.807, 2.05) is 0 Å². The monoisotopic (exact) mass is 339 g/mol. The second-order valence-corrected chi connectivity index (χ2v) is 7.45.